The van der Waals surface area contributed by atoms with Crippen molar-refractivity contribution < 1.29 is 16.3 Å². The molecule has 4 atom stereocenters. The summed E-state index contributed by atoms with van der Waals surface area (Å²) in [6, 6.07) is 3.59. The monoisotopic (exact) mass is 526 g/mol. The molecule has 0 aliphatic carbocycles. The average molecular weight is 527 g/mol. The molecule has 0 radical (unpaired) electrons. The predicted octanol–water partition coefficient (Wildman–Crippen LogP) is 7.44. The van der Waals surface area contributed by atoms with Crippen molar-refractivity contribution in [2.75, 3.05) is 18.9 Å². The molecule has 4 unspecified atom stereocenters. The molecule has 1 saturated heterocycles. The number of nitrogens with two attached hydrogens (primary N) is 1. The van der Waals surface area contributed by atoms with Crippen LogP contribution in [0.2, 0.25) is 41.4 Å². The first kappa shape index (κ1) is 25.0. The number of pyridine rings is 1. The van der Waals surface area contributed by atoms with Crippen LogP contribution in [0.4, 0.5) is 5.69 Å². The molecule has 0 aromatic carbocycles. The number of ether oxygens (including phenoxy) is 1. The highest BCUT2D eigenvalue weighted by atomic mass is 35.5. The van der Waals surface area contributed by atoms with E-state index in [4.69, 9.17) is 33.7 Å². The number of anilines is 1. The molecule has 3 rings (SSSR count). The molecule has 2 aliphatic heterocycles. The summed E-state index contributed by atoms with van der Waals surface area (Å²) < 4.78 is 38.3. The van der Waals surface area contributed by atoms with E-state index in [-0.39, 0.29) is 28.4 Å². The van der Waals surface area contributed by atoms with Crippen molar-refractivity contribution in [3.05, 3.63) is 29.1 Å². The third-order valence-corrected chi connectivity index (χ3v) is 17.4. The van der Waals surface area contributed by atoms with Gasteiger partial charge in [-0.05, 0) is 72.8 Å². The quantitative estimate of drug-likeness (QED) is 0.295. The zero-order chi connectivity index (χ0) is 27.5. The topological polar surface area (TPSA) is 66.6 Å². The van der Waals surface area contributed by atoms with Crippen molar-refractivity contribution >= 4 is 39.5 Å². The van der Waals surface area contributed by atoms with Gasteiger partial charge in [-0.15, -0.1) is 0 Å². The summed E-state index contributed by atoms with van der Waals surface area (Å²) in [6.45, 7) is 22.4. The number of fused-ring (bicyclic) bond motifs is 2. The second-order valence-electron chi connectivity index (χ2n) is 13.0. The number of nitrogens with zero attached hydrogens (tertiary/aromatic N) is 1. The fourth-order valence-corrected chi connectivity index (χ4v) is 5.86. The van der Waals surface area contributed by atoms with Crippen LogP contribution in [-0.2, 0) is 13.6 Å². The van der Waals surface area contributed by atoms with E-state index < -0.39 is 40.6 Å². The molecule has 0 amide bonds. The summed E-state index contributed by atoms with van der Waals surface area (Å²) in [5.41, 5.74) is 5.88. The van der Waals surface area contributed by atoms with E-state index in [0.717, 1.165) is 5.57 Å². The summed E-state index contributed by atoms with van der Waals surface area (Å²) in [7, 11) is -4.25. The number of hydrogen-bond acceptors (Lipinski definition) is 5. The van der Waals surface area contributed by atoms with Crippen LogP contribution in [0.5, 0.6) is 0 Å². The van der Waals surface area contributed by atoms with Gasteiger partial charge in [-0.2, -0.15) is 0 Å². The van der Waals surface area contributed by atoms with Gasteiger partial charge in [0.2, 0.25) is 0 Å². The van der Waals surface area contributed by atoms with E-state index in [1.807, 2.05) is 12.1 Å². The number of hydrogen-bond donors (Lipinski definition) is 1. The molecule has 192 valence electrons. The van der Waals surface area contributed by atoms with Gasteiger partial charge in [0.25, 0.3) is 0 Å². The second kappa shape index (κ2) is 9.00. The van der Waals surface area contributed by atoms with Crippen LogP contribution < -0.4 is 5.73 Å². The second-order valence-corrected chi connectivity index (χ2v) is 23.0. The molecule has 5 nitrogen and oxygen atoms in total. The molecule has 0 spiro atoms. The molecule has 1 aromatic rings. The Balaban J connectivity index is 2.05. The Bertz CT molecular complexity index is 1030. The van der Waals surface area contributed by atoms with Crippen molar-refractivity contribution in [2.45, 2.75) is 108 Å². The minimum Gasteiger partial charge on any atom is -0.414 e. The molecule has 2 bridgehead atoms. The number of aromatic nitrogens is 1. The van der Waals surface area contributed by atoms with Crippen LogP contribution in [0.1, 0.15) is 69.2 Å². The summed E-state index contributed by atoms with van der Waals surface area (Å²) in [5.74, 6) is 0. The smallest absolute Gasteiger partial charge is 0.192 e. The Morgan fingerprint density at radius 1 is 1.03 bits per heavy atom. The third-order valence-electron chi connectivity index (χ3n) is 8.13. The highest BCUT2D eigenvalue weighted by Crippen LogP contribution is 2.51. The Hall–Kier alpha value is -0.706. The molecule has 3 heterocycles. The molecular weight excluding hydrogens is 480 g/mol. The standard InChI is InChI=1S/C26H45ClN2O3Si2/c1-23(2,3)33(7,8)30-17-25-13-14-26(32-25,18-31-34(9,10)24(4,5)6)16-19(15-25)21-12-11-20(28)22(27)29-21/h11-12,15H,13-14,16-18,28H2,1-10H3/i13D,14D. The lowest BCUT2D eigenvalue weighted by Gasteiger charge is -2.44. The van der Waals surface area contributed by atoms with Crippen LogP contribution in [-0.4, -0.2) is 46.0 Å². The lowest BCUT2D eigenvalue weighted by molar-refractivity contribution is -0.119. The molecule has 0 saturated carbocycles. The fourth-order valence-electron chi connectivity index (χ4n) is 3.65. The van der Waals surface area contributed by atoms with Crippen molar-refractivity contribution in [3.63, 3.8) is 0 Å². The molecule has 8 heteroatoms. The van der Waals surface area contributed by atoms with Crippen molar-refractivity contribution in [3.8, 4) is 0 Å². The molecule has 2 aliphatic rings. The lowest BCUT2D eigenvalue weighted by Crippen LogP contribution is -2.50. The molecule has 1 aromatic heterocycles. The highest BCUT2D eigenvalue weighted by molar-refractivity contribution is 6.74. The van der Waals surface area contributed by atoms with Gasteiger partial charge in [-0.1, -0.05) is 53.1 Å². The van der Waals surface area contributed by atoms with Gasteiger partial charge in [0, 0.05) is 9.16 Å². The lowest BCUT2D eigenvalue weighted by atomic mass is 9.90. The van der Waals surface area contributed by atoms with E-state index in [9.17, 15) is 0 Å². The maximum absolute atomic E-state index is 9.17. The van der Waals surface area contributed by atoms with Gasteiger partial charge in [0.1, 0.15) is 5.60 Å². The summed E-state index contributed by atoms with van der Waals surface area (Å²) in [5, 5.41) is 0.271. The van der Waals surface area contributed by atoms with Crippen LogP contribution in [0.25, 0.3) is 5.57 Å². The van der Waals surface area contributed by atoms with Crippen molar-refractivity contribution in [1.29, 1.82) is 0 Å². The van der Waals surface area contributed by atoms with Crippen molar-refractivity contribution in [2.24, 2.45) is 0 Å². The molecule has 2 N–H and O–H groups in total. The van der Waals surface area contributed by atoms with E-state index in [2.05, 4.69) is 72.7 Å². The first-order chi connectivity index (χ1) is 16.2. The zero-order valence-electron chi connectivity index (χ0n) is 24.6. The fraction of sp³-hybridized carbons (Fsp3) is 0.731. The first-order valence-electron chi connectivity index (χ1n) is 13.3. The summed E-state index contributed by atoms with van der Waals surface area (Å²) >= 11 is 6.28. The van der Waals surface area contributed by atoms with Crippen LogP contribution >= 0.6 is 11.6 Å². The van der Waals surface area contributed by atoms with Crippen LogP contribution in [0, 0.1) is 0 Å². The van der Waals surface area contributed by atoms with E-state index in [1.54, 1.807) is 6.07 Å². The molecule has 1 fully saturated rings. The third kappa shape index (κ3) is 5.65. The van der Waals surface area contributed by atoms with Gasteiger partial charge >= 0.3 is 0 Å². The number of halogens is 1. The Morgan fingerprint density at radius 2 is 1.59 bits per heavy atom. The zero-order valence-corrected chi connectivity index (χ0v) is 25.4. The minimum absolute atomic E-state index is 0.00984. The van der Waals surface area contributed by atoms with Crippen LogP contribution in [0.15, 0.2) is 18.2 Å². The van der Waals surface area contributed by atoms with Gasteiger partial charge in [0.15, 0.2) is 21.8 Å². The van der Waals surface area contributed by atoms with E-state index >= 15 is 0 Å². The summed E-state index contributed by atoms with van der Waals surface area (Å²) in [4.78, 5) is 4.53. The maximum Gasteiger partial charge on any atom is 0.192 e. The van der Waals surface area contributed by atoms with Crippen molar-refractivity contribution in [1.82, 2.24) is 4.98 Å². The predicted molar refractivity (Wildman–Crippen MR) is 148 cm³/mol. The Labute approximate surface area is 216 Å². The number of rotatable bonds is 7. The van der Waals surface area contributed by atoms with Gasteiger partial charge < -0.3 is 19.3 Å². The Kier molecular flexibility index (Phi) is 6.60. The highest BCUT2D eigenvalue weighted by Gasteiger charge is 2.54. The minimum atomic E-state index is -2.13. The van der Waals surface area contributed by atoms with E-state index in [0.29, 0.717) is 17.8 Å². The normalized spacial score (nSPS) is 31.2. The van der Waals surface area contributed by atoms with Crippen LogP contribution in [0.3, 0.4) is 0 Å². The average Bonchev–Trinajstić information content (AvgIpc) is 2.89. The Morgan fingerprint density at radius 3 is 2.12 bits per heavy atom. The van der Waals surface area contributed by atoms with Gasteiger partial charge in [-0.3, -0.25) is 0 Å². The molecule has 34 heavy (non-hydrogen) atoms. The van der Waals surface area contributed by atoms with Gasteiger partial charge in [0.05, 0.1) is 30.2 Å². The first-order valence-corrected chi connectivity index (χ1v) is 18.3. The maximum atomic E-state index is 9.17. The molecular formula is C26H45ClN2O3Si2. The number of nitrogen functional groups attached to an aromatic ring is 1. The SMILES string of the molecule is [2H]C1C([2H])C2(CO[Si](C)(C)C(C)(C)C)CC(c3ccc(N)c(Cl)n3)=CC1(CO[Si](C)(C)C(C)(C)C)O2. The summed E-state index contributed by atoms with van der Waals surface area (Å²) in [6.07, 6.45) is 0.752. The van der Waals surface area contributed by atoms with E-state index in [1.165, 1.54) is 0 Å². The largest absolute Gasteiger partial charge is 0.414 e. The van der Waals surface area contributed by atoms with Gasteiger partial charge in [-0.25, -0.2) is 4.98 Å².